The van der Waals surface area contributed by atoms with Gasteiger partial charge in [-0.2, -0.15) is 5.10 Å². The number of hydrogen-bond donors (Lipinski definition) is 0. The Morgan fingerprint density at radius 1 is 1.22 bits per heavy atom. The molecule has 3 fully saturated rings. The van der Waals surface area contributed by atoms with Crippen LogP contribution in [0.2, 0.25) is 0 Å². The lowest BCUT2D eigenvalue weighted by Crippen LogP contribution is -2.66. The maximum absolute atomic E-state index is 6.23. The molecule has 1 aliphatic carbocycles. The summed E-state index contributed by atoms with van der Waals surface area (Å²) in [5, 5.41) is 8.42. The fourth-order valence-electron chi connectivity index (χ4n) is 4.17. The normalized spacial score (nSPS) is 27.3. The minimum Gasteiger partial charge on any atom is -0.378 e. The molecule has 1 atom stereocenters. The smallest absolute Gasteiger partial charge is 0.151 e. The van der Waals surface area contributed by atoms with Gasteiger partial charge in [-0.1, -0.05) is 12.8 Å². The van der Waals surface area contributed by atoms with Gasteiger partial charge >= 0.3 is 0 Å². The molecule has 2 saturated heterocycles. The van der Waals surface area contributed by atoms with Crippen LogP contribution in [-0.2, 0) is 9.47 Å². The Labute approximate surface area is 138 Å². The van der Waals surface area contributed by atoms with Crippen LogP contribution < -0.4 is 4.90 Å². The maximum Gasteiger partial charge on any atom is 0.151 e. The van der Waals surface area contributed by atoms with Gasteiger partial charge in [0.2, 0.25) is 0 Å². The third-order valence-corrected chi connectivity index (χ3v) is 5.56. The number of nitrogens with zero attached hydrogens (tertiary/aromatic N) is 3. The van der Waals surface area contributed by atoms with Crippen LogP contribution in [0.5, 0.6) is 0 Å². The van der Waals surface area contributed by atoms with Crippen LogP contribution >= 0.6 is 0 Å². The number of rotatable bonds is 4. The van der Waals surface area contributed by atoms with E-state index in [-0.39, 0.29) is 5.60 Å². The van der Waals surface area contributed by atoms with Gasteiger partial charge in [0.1, 0.15) is 5.60 Å². The number of aromatic nitrogens is 2. The summed E-state index contributed by atoms with van der Waals surface area (Å²) in [6.07, 6.45) is 7.92. The third-order valence-electron chi connectivity index (χ3n) is 5.56. The van der Waals surface area contributed by atoms with E-state index in [2.05, 4.69) is 15.1 Å². The van der Waals surface area contributed by atoms with E-state index in [1.165, 1.54) is 25.7 Å². The van der Waals surface area contributed by atoms with Gasteiger partial charge in [0.05, 0.1) is 24.9 Å². The minimum absolute atomic E-state index is 0.0227. The standard InChI is InChI=1S/C18H27N3O2/c1-14-6-7-17(20-19-14)21-12-18(13-21)10-16(8-9-23-18)22-11-15-4-2-3-5-15/h6-7,15-16H,2-5,8-13H2,1H3/t16-/m1/s1. The molecule has 1 spiro atoms. The lowest BCUT2D eigenvalue weighted by Gasteiger charge is -2.53. The second-order valence-electron chi connectivity index (χ2n) is 7.52. The summed E-state index contributed by atoms with van der Waals surface area (Å²) in [4.78, 5) is 2.26. The molecule has 0 amide bonds. The highest BCUT2D eigenvalue weighted by atomic mass is 16.5. The number of hydrogen-bond acceptors (Lipinski definition) is 5. The lowest BCUT2D eigenvalue weighted by molar-refractivity contribution is -0.148. The molecule has 0 unspecified atom stereocenters. The van der Waals surface area contributed by atoms with Gasteiger partial charge in [0.15, 0.2) is 5.82 Å². The first-order valence-corrected chi connectivity index (χ1v) is 9.03. The predicted octanol–water partition coefficient (Wildman–Crippen LogP) is 2.73. The van der Waals surface area contributed by atoms with Gasteiger partial charge in [-0.15, -0.1) is 5.10 Å². The van der Waals surface area contributed by atoms with Crippen LogP contribution in [-0.4, -0.2) is 48.2 Å². The van der Waals surface area contributed by atoms with Crippen LogP contribution in [0.1, 0.15) is 44.2 Å². The largest absolute Gasteiger partial charge is 0.378 e. The summed E-state index contributed by atoms with van der Waals surface area (Å²) >= 11 is 0. The topological polar surface area (TPSA) is 47.5 Å². The molecule has 0 bridgehead atoms. The molecule has 5 nitrogen and oxygen atoms in total. The molecule has 0 N–H and O–H groups in total. The molecular formula is C18H27N3O2. The Balaban J connectivity index is 1.29. The van der Waals surface area contributed by atoms with E-state index in [0.29, 0.717) is 6.10 Å². The van der Waals surface area contributed by atoms with E-state index < -0.39 is 0 Å². The van der Waals surface area contributed by atoms with E-state index in [4.69, 9.17) is 9.47 Å². The van der Waals surface area contributed by atoms with Gasteiger partial charge < -0.3 is 14.4 Å². The van der Waals surface area contributed by atoms with Crippen molar-refractivity contribution < 1.29 is 9.47 Å². The second kappa shape index (κ2) is 6.36. The number of anilines is 1. The van der Waals surface area contributed by atoms with Crippen molar-refractivity contribution in [3.05, 3.63) is 17.8 Å². The molecule has 126 valence electrons. The molecule has 1 aromatic rings. The summed E-state index contributed by atoms with van der Waals surface area (Å²) in [5.74, 6) is 1.76. The molecule has 2 aliphatic heterocycles. The van der Waals surface area contributed by atoms with Crippen LogP contribution in [0.15, 0.2) is 12.1 Å². The Bertz CT molecular complexity index is 522. The summed E-state index contributed by atoms with van der Waals surface area (Å²) < 4.78 is 12.3. The first-order valence-electron chi connectivity index (χ1n) is 9.03. The summed E-state index contributed by atoms with van der Waals surface area (Å²) in [6, 6.07) is 4.06. The van der Waals surface area contributed by atoms with Crippen LogP contribution in [0, 0.1) is 12.8 Å². The fourth-order valence-corrected chi connectivity index (χ4v) is 4.17. The Morgan fingerprint density at radius 3 is 2.78 bits per heavy atom. The van der Waals surface area contributed by atoms with Gasteiger partial charge in [-0.25, -0.2) is 0 Å². The second-order valence-corrected chi connectivity index (χ2v) is 7.52. The number of aryl methyl sites for hydroxylation is 1. The van der Waals surface area contributed by atoms with Crippen molar-refractivity contribution in [2.75, 3.05) is 31.2 Å². The Morgan fingerprint density at radius 2 is 2.04 bits per heavy atom. The van der Waals surface area contributed by atoms with Crippen LogP contribution in [0.25, 0.3) is 0 Å². The van der Waals surface area contributed by atoms with Crippen molar-refractivity contribution in [2.24, 2.45) is 5.92 Å². The average Bonchev–Trinajstić information content (AvgIpc) is 3.05. The molecule has 3 aliphatic rings. The van der Waals surface area contributed by atoms with E-state index in [9.17, 15) is 0 Å². The van der Waals surface area contributed by atoms with Crippen molar-refractivity contribution in [3.8, 4) is 0 Å². The van der Waals surface area contributed by atoms with Crippen molar-refractivity contribution in [1.82, 2.24) is 10.2 Å². The number of ether oxygens (including phenoxy) is 2. The molecule has 1 aromatic heterocycles. The van der Waals surface area contributed by atoms with E-state index in [1.54, 1.807) is 0 Å². The van der Waals surface area contributed by atoms with E-state index in [1.807, 2.05) is 19.1 Å². The Hall–Kier alpha value is -1.20. The summed E-state index contributed by atoms with van der Waals surface area (Å²) in [6.45, 7) is 5.56. The molecule has 5 heteroatoms. The third kappa shape index (κ3) is 3.36. The van der Waals surface area contributed by atoms with Crippen molar-refractivity contribution in [2.45, 2.75) is 57.2 Å². The van der Waals surface area contributed by atoms with Gasteiger partial charge in [0.25, 0.3) is 0 Å². The average molecular weight is 317 g/mol. The molecule has 0 aromatic carbocycles. The van der Waals surface area contributed by atoms with Crippen molar-refractivity contribution in [3.63, 3.8) is 0 Å². The fraction of sp³-hybridized carbons (Fsp3) is 0.778. The molecular weight excluding hydrogens is 290 g/mol. The first kappa shape index (κ1) is 15.3. The predicted molar refractivity (Wildman–Crippen MR) is 88.6 cm³/mol. The molecule has 1 saturated carbocycles. The molecule has 4 rings (SSSR count). The quantitative estimate of drug-likeness (QED) is 0.854. The van der Waals surface area contributed by atoms with E-state index >= 15 is 0 Å². The highest BCUT2D eigenvalue weighted by Crippen LogP contribution is 2.37. The summed E-state index contributed by atoms with van der Waals surface area (Å²) in [7, 11) is 0. The minimum atomic E-state index is -0.0227. The highest BCUT2D eigenvalue weighted by Gasteiger charge is 2.48. The van der Waals surface area contributed by atoms with Gasteiger partial charge in [-0.3, -0.25) is 0 Å². The Kier molecular flexibility index (Phi) is 4.24. The van der Waals surface area contributed by atoms with Gasteiger partial charge in [0, 0.05) is 19.6 Å². The highest BCUT2D eigenvalue weighted by molar-refractivity contribution is 5.43. The van der Waals surface area contributed by atoms with Gasteiger partial charge in [-0.05, 0) is 44.2 Å². The zero-order chi connectivity index (χ0) is 15.7. The van der Waals surface area contributed by atoms with Crippen molar-refractivity contribution >= 4 is 5.82 Å². The molecule has 3 heterocycles. The summed E-state index contributed by atoms with van der Waals surface area (Å²) in [5.41, 5.74) is 0.934. The monoisotopic (exact) mass is 317 g/mol. The van der Waals surface area contributed by atoms with Crippen LogP contribution in [0.3, 0.4) is 0 Å². The van der Waals surface area contributed by atoms with Crippen molar-refractivity contribution in [1.29, 1.82) is 0 Å². The zero-order valence-electron chi connectivity index (χ0n) is 14.0. The molecule has 23 heavy (non-hydrogen) atoms. The first-order chi connectivity index (χ1) is 11.2. The lowest BCUT2D eigenvalue weighted by atomic mass is 9.84. The van der Waals surface area contributed by atoms with E-state index in [0.717, 1.165) is 56.6 Å². The van der Waals surface area contributed by atoms with Crippen LogP contribution in [0.4, 0.5) is 5.82 Å². The zero-order valence-corrected chi connectivity index (χ0v) is 14.0. The SMILES string of the molecule is Cc1ccc(N2CC3(C[C@H](OCC4CCCC4)CCO3)C2)nn1. The maximum atomic E-state index is 6.23. The molecule has 0 radical (unpaired) electrons.